The first-order valence-electron chi connectivity index (χ1n) is 14.2. The van der Waals surface area contributed by atoms with Crippen LogP contribution >= 0.6 is 0 Å². The summed E-state index contributed by atoms with van der Waals surface area (Å²) in [5, 5.41) is 7.90. The van der Waals surface area contributed by atoms with Gasteiger partial charge in [0, 0.05) is 54.8 Å². The number of nitrogens with one attached hydrogen (secondary N) is 1. The molecule has 4 aromatic rings. The van der Waals surface area contributed by atoms with Crippen LogP contribution in [0, 0.1) is 0 Å². The number of rotatable bonds is 6. The van der Waals surface area contributed by atoms with Crippen LogP contribution in [0.5, 0.6) is 0 Å². The fourth-order valence-corrected chi connectivity index (χ4v) is 5.65. The SMILES string of the molecule is CN1CCC(N(C)C(=O)c2ccc(Nc3nc4c(C5=CCN(C(=O)c6ccccc6)CC5)cccn4n3)cc2)CC1. The standard InChI is InChI=1S/C32H35N7O2/c1-36-19-16-27(17-20-36)37(2)30(40)25-10-12-26(13-11-25)33-32-34-29-28(9-6-18-39(29)35-32)23-14-21-38(22-15-23)31(41)24-7-4-3-5-8-24/h3-14,18,27H,15-17,19-22H2,1-2H3,(H,33,35). The zero-order valence-corrected chi connectivity index (χ0v) is 23.5. The molecule has 4 heterocycles. The van der Waals surface area contributed by atoms with Gasteiger partial charge in [-0.05, 0) is 93.5 Å². The van der Waals surface area contributed by atoms with Gasteiger partial charge in [-0.3, -0.25) is 9.59 Å². The molecule has 6 rings (SSSR count). The van der Waals surface area contributed by atoms with E-state index in [0.29, 0.717) is 30.2 Å². The Bertz CT molecular complexity index is 1570. The van der Waals surface area contributed by atoms with E-state index in [9.17, 15) is 9.59 Å². The molecule has 9 nitrogen and oxygen atoms in total. The molecule has 1 fully saturated rings. The Labute approximate surface area is 240 Å². The lowest BCUT2D eigenvalue weighted by atomic mass is 10.00. The van der Waals surface area contributed by atoms with Crippen molar-refractivity contribution in [2.45, 2.75) is 25.3 Å². The number of amides is 2. The molecule has 2 amide bonds. The van der Waals surface area contributed by atoms with E-state index >= 15 is 0 Å². The van der Waals surface area contributed by atoms with Crippen molar-refractivity contribution < 1.29 is 9.59 Å². The van der Waals surface area contributed by atoms with Crippen LogP contribution in [0.1, 0.15) is 45.5 Å². The highest BCUT2D eigenvalue weighted by atomic mass is 16.2. The third kappa shape index (κ3) is 5.71. The van der Waals surface area contributed by atoms with Gasteiger partial charge in [-0.25, -0.2) is 4.52 Å². The Hall–Kier alpha value is -4.50. The van der Waals surface area contributed by atoms with Crippen molar-refractivity contribution in [3.8, 4) is 0 Å². The molecular weight excluding hydrogens is 514 g/mol. The van der Waals surface area contributed by atoms with Crippen molar-refractivity contribution in [2.75, 3.05) is 45.6 Å². The van der Waals surface area contributed by atoms with Gasteiger partial charge in [0.25, 0.3) is 11.8 Å². The smallest absolute Gasteiger partial charge is 0.254 e. The van der Waals surface area contributed by atoms with Gasteiger partial charge >= 0.3 is 0 Å². The molecule has 0 radical (unpaired) electrons. The molecule has 0 atom stereocenters. The van der Waals surface area contributed by atoms with Gasteiger partial charge in [-0.15, -0.1) is 5.10 Å². The number of nitrogens with zero attached hydrogens (tertiary/aromatic N) is 6. The van der Waals surface area contributed by atoms with E-state index in [1.165, 1.54) is 0 Å². The van der Waals surface area contributed by atoms with E-state index in [0.717, 1.165) is 54.8 Å². The predicted octanol–water partition coefficient (Wildman–Crippen LogP) is 4.57. The minimum absolute atomic E-state index is 0.0476. The minimum Gasteiger partial charge on any atom is -0.339 e. The fraction of sp³-hybridized carbons (Fsp3) is 0.312. The van der Waals surface area contributed by atoms with Crippen molar-refractivity contribution in [2.24, 2.45) is 0 Å². The Morgan fingerprint density at radius 2 is 1.68 bits per heavy atom. The number of carbonyl (C=O) groups excluding carboxylic acids is 2. The van der Waals surface area contributed by atoms with Crippen LogP contribution in [0.2, 0.25) is 0 Å². The number of benzene rings is 2. The van der Waals surface area contributed by atoms with Crippen molar-refractivity contribution in [1.29, 1.82) is 0 Å². The van der Waals surface area contributed by atoms with Crippen molar-refractivity contribution in [3.63, 3.8) is 0 Å². The molecule has 1 saturated heterocycles. The highest BCUT2D eigenvalue weighted by Gasteiger charge is 2.25. The first-order valence-corrected chi connectivity index (χ1v) is 14.2. The molecule has 0 aliphatic carbocycles. The predicted molar refractivity (Wildman–Crippen MR) is 160 cm³/mol. The highest BCUT2D eigenvalue weighted by molar-refractivity contribution is 5.95. The van der Waals surface area contributed by atoms with Gasteiger partial charge in [-0.1, -0.05) is 24.3 Å². The van der Waals surface area contributed by atoms with Gasteiger partial charge in [0.15, 0.2) is 5.65 Å². The van der Waals surface area contributed by atoms with Crippen LogP contribution < -0.4 is 5.32 Å². The van der Waals surface area contributed by atoms with Crippen molar-refractivity contribution in [3.05, 3.63) is 95.7 Å². The van der Waals surface area contributed by atoms with E-state index in [1.54, 1.807) is 4.52 Å². The molecule has 2 aromatic carbocycles. The third-order valence-electron chi connectivity index (χ3n) is 8.17. The maximum absolute atomic E-state index is 13.1. The lowest BCUT2D eigenvalue weighted by molar-refractivity contribution is 0.0659. The van der Waals surface area contributed by atoms with E-state index in [4.69, 9.17) is 4.98 Å². The first-order chi connectivity index (χ1) is 20.0. The second-order valence-corrected chi connectivity index (χ2v) is 10.9. The number of carbonyl (C=O) groups is 2. The van der Waals surface area contributed by atoms with Crippen LogP contribution in [0.25, 0.3) is 11.2 Å². The minimum atomic E-state index is 0.0476. The van der Waals surface area contributed by atoms with Gasteiger partial charge in [0.1, 0.15) is 0 Å². The molecule has 9 heteroatoms. The molecule has 0 bridgehead atoms. The molecule has 2 aliphatic rings. The summed E-state index contributed by atoms with van der Waals surface area (Å²) in [6.07, 6.45) is 6.74. The Balaban J connectivity index is 1.13. The summed E-state index contributed by atoms with van der Waals surface area (Å²) in [6.45, 7) is 3.24. The number of likely N-dealkylation sites (tertiary alicyclic amines) is 1. The second-order valence-electron chi connectivity index (χ2n) is 10.9. The topological polar surface area (TPSA) is 86.1 Å². The van der Waals surface area contributed by atoms with Crippen LogP contribution in [0.15, 0.2) is 79.0 Å². The van der Waals surface area contributed by atoms with Crippen LogP contribution in [0.3, 0.4) is 0 Å². The summed E-state index contributed by atoms with van der Waals surface area (Å²) in [7, 11) is 4.03. The molecule has 0 saturated carbocycles. The molecule has 0 unspecified atom stereocenters. The number of piperidine rings is 1. The normalized spacial score (nSPS) is 16.4. The zero-order valence-electron chi connectivity index (χ0n) is 23.5. The van der Waals surface area contributed by atoms with Crippen LogP contribution in [-0.2, 0) is 0 Å². The van der Waals surface area contributed by atoms with E-state index in [2.05, 4.69) is 34.5 Å². The Morgan fingerprint density at radius 1 is 0.927 bits per heavy atom. The van der Waals surface area contributed by atoms with Crippen molar-refractivity contribution in [1.82, 2.24) is 29.3 Å². The number of anilines is 2. The number of pyridine rings is 1. The zero-order chi connectivity index (χ0) is 28.3. The summed E-state index contributed by atoms with van der Waals surface area (Å²) in [4.78, 5) is 36.8. The van der Waals surface area contributed by atoms with E-state index < -0.39 is 0 Å². The Kier molecular flexibility index (Phi) is 7.52. The van der Waals surface area contributed by atoms with Gasteiger partial charge in [0.2, 0.25) is 5.95 Å². The third-order valence-corrected chi connectivity index (χ3v) is 8.17. The summed E-state index contributed by atoms with van der Waals surface area (Å²) in [5.74, 6) is 0.581. The molecule has 2 aliphatic heterocycles. The quantitative estimate of drug-likeness (QED) is 0.379. The first kappa shape index (κ1) is 26.7. The number of hydrogen-bond acceptors (Lipinski definition) is 6. The molecule has 1 N–H and O–H groups in total. The summed E-state index contributed by atoms with van der Waals surface area (Å²) in [6, 6.07) is 21.2. The second kappa shape index (κ2) is 11.5. The van der Waals surface area contributed by atoms with E-state index in [-0.39, 0.29) is 17.9 Å². The average molecular weight is 550 g/mol. The van der Waals surface area contributed by atoms with Crippen molar-refractivity contribution >= 4 is 34.7 Å². The summed E-state index contributed by atoms with van der Waals surface area (Å²) in [5.41, 5.74) is 5.12. The summed E-state index contributed by atoms with van der Waals surface area (Å²) >= 11 is 0. The van der Waals surface area contributed by atoms with Gasteiger partial charge in [0.05, 0.1) is 0 Å². The maximum Gasteiger partial charge on any atom is 0.254 e. The van der Waals surface area contributed by atoms with Gasteiger partial charge in [-0.2, -0.15) is 4.98 Å². The van der Waals surface area contributed by atoms with Crippen LogP contribution in [0.4, 0.5) is 11.6 Å². The Morgan fingerprint density at radius 3 is 2.39 bits per heavy atom. The van der Waals surface area contributed by atoms with E-state index in [1.807, 2.05) is 83.7 Å². The molecule has 0 spiro atoms. The van der Waals surface area contributed by atoms with Crippen LogP contribution in [-0.4, -0.2) is 87.4 Å². The maximum atomic E-state index is 13.1. The molecule has 210 valence electrons. The summed E-state index contributed by atoms with van der Waals surface area (Å²) < 4.78 is 1.77. The molecule has 2 aromatic heterocycles. The molecular formula is C32H35N7O2. The molecule has 41 heavy (non-hydrogen) atoms. The highest BCUT2D eigenvalue weighted by Crippen LogP contribution is 2.27. The lowest BCUT2D eigenvalue weighted by Gasteiger charge is -2.35. The average Bonchev–Trinajstić information content (AvgIpc) is 3.44. The largest absolute Gasteiger partial charge is 0.339 e. The monoisotopic (exact) mass is 549 g/mol. The number of aromatic nitrogens is 3. The number of hydrogen-bond donors (Lipinski definition) is 1. The van der Waals surface area contributed by atoms with Gasteiger partial charge < -0.3 is 20.0 Å². The number of fused-ring (bicyclic) bond motifs is 1. The lowest BCUT2D eigenvalue weighted by Crippen LogP contribution is -2.44. The fourth-order valence-electron chi connectivity index (χ4n) is 5.65.